The fraction of sp³-hybridized carbons (Fsp3) is 0.250. The first kappa shape index (κ1) is 12.6. The zero-order valence-corrected chi connectivity index (χ0v) is 10.3. The first-order valence-electron chi connectivity index (χ1n) is 4.77. The van der Waals surface area contributed by atoms with E-state index in [9.17, 15) is 4.79 Å². The van der Waals surface area contributed by atoms with E-state index >= 15 is 0 Å². The molecule has 1 aromatic rings. The lowest BCUT2D eigenvalue weighted by Gasteiger charge is -2.14. The Morgan fingerprint density at radius 2 is 1.88 bits per heavy atom. The van der Waals surface area contributed by atoms with Crippen LogP contribution in [0.15, 0.2) is 30.0 Å². The first-order valence-corrected chi connectivity index (χ1v) is 5.15. The Morgan fingerprint density at radius 3 is 2.31 bits per heavy atom. The Labute approximate surface area is 100 Å². The number of ether oxygens (including phenoxy) is 1. The summed E-state index contributed by atoms with van der Waals surface area (Å²) in [6, 6.07) is 7.24. The van der Waals surface area contributed by atoms with Crippen LogP contribution in [0, 0.1) is 0 Å². The molecule has 0 saturated heterocycles. The molecule has 86 valence electrons. The van der Waals surface area contributed by atoms with Gasteiger partial charge in [-0.3, -0.25) is 0 Å². The summed E-state index contributed by atoms with van der Waals surface area (Å²) in [7, 11) is 4.94. The van der Waals surface area contributed by atoms with Crippen molar-refractivity contribution in [3.05, 3.63) is 40.5 Å². The van der Waals surface area contributed by atoms with E-state index in [-0.39, 0.29) is 5.97 Å². The second-order valence-electron chi connectivity index (χ2n) is 3.47. The maximum atomic E-state index is 11.5. The maximum Gasteiger partial charge on any atom is 0.354 e. The molecule has 0 saturated carbocycles. The molecule has 3 nitrogen and oxygen atoms in total. The number of hydrogen-bond donors (Lipinski definition) is 0. The molecule has 0 aromatic heterocycles. The number of esters is 1. The lowest BCUT2D eigenvalue weighted by atomic mass is 10.2. The average molecular weight is 240 g/mol. The molecule has 0 amide bonds. The molecule has 0 unspecified atom stereocenters. The number of rotatable bonds is 3. The molecule has 16 heavy (non-hydrogen) atoms. The highest BCUT2D eigenvalue weighted by molar-refractivity contribution is 6.30. The Kier molecular flexibility index (Phi) is 4.38. The summed E-state index contributed by atoms with van der Waals surface area (Å²) in [5, 5.41) is 0.668. The molecule has 1 rings (SSSR count). The molecule has 0 aliphatic carbocycles. The van der Waals surface area contributed by atoms with Gasteiger partial charge in [-0.1, -0.05) is 23.7 Å². The summed E-state index contributed by atoms with van der Waals surface area (Å²) in [6.45, 7) is 0. The number of carbonyl (C=O) groups is 1. The van der Waals surface area contributed by atoms with Gasteiger partial charge in [-0.25, -0.2) is 4.79 Å². The van der Waals surface area contributed by atoms with Gasteiger partial charge in [-0.2, -0.15) is 0 Å². The van der Waals surface area contributed by atoms with Crippen LogP contribution in [-0.2, 0) is 9.53 Å². The lowest BCUT2D eigenvalue weighted by molar-refractivity contribution is -0.137. The highest BCUT2D eigenvalue weighted by Gasteiger charge is 2.11. The molecule has 0 fully saturated rings. The number of methoxy groups -OCH3 is 1. The Hall–Kier alpha value is -1.48. The highest BCUT2D eigenvalue weighted by Crippen LogP contribution is 2.14. The van der Waals surface area contributed by atoms with Crippen molar-refractivity contribution in [1.82, 2.24) is 4.90 Å². The van der Waals surface area contributed by atoms with E-state index in [1.807, 2.05) is 12.1 Å². The Bertz CT molecular complexity index is 396. The zero-order chi connectivity index (χ0) is 12.1. The molecular formula is C12H14ClNO2. The van der Waals surface area contributed by atoms with Crippen molar-refractivity contribution in [1.29, 1.82) is 0 Å². The van der Waals surface area contributed by atoms with Crippen LogP contribution in [-0.4, -0.2) is 32.1 Å². The minimum Gasteiger partial charge on any atom is -0.464 e. The van der Waals surface area contributed by atoms with E-state index in [4.69, 9.17) is 16.3 Å². The molecule has 0 atom stereocenters. The second-order valence-corrected chi connectivity index (χ2v) is 3.90. The number of benzene rings is 1. The fourth-order valence-electron chi connectivity index (χ4n) is 1.19. The number of hydrogen-bond acceptors (Lipinski definition) is 3. The third-order valence-electron chi connectivity index (χ3n) is 2.05. The molecule has 0 heterocycles. The molecule has 0 bridgehead atoms. The van der Waals surface area contributed by atoms with Crippen molar-refractivity contribution < 1.29 is 9.53 Å². The molecule has 0 aliphatic heterocycles. The van der Waals surface area contributed by atoms with Crippen molar-refractivity contribution in [2.45, 2.75) is 0 Å². The third-order valence-corrected chi connectivity index (χ3v) is 2.30. The number of carbonyl (C=O) groups excluding carboxylic acids is 1. The lowest BCUT2D eigenvalue weighted by Crippen LogP contribution is -2.20. The molecule has 1 aromatic carbocycles. The van der Waals surface area contributed by atoms with Gasteiger partial charge < -0.3 is 9.64 Å². The van der Waals surface area contributed by atoms with Crippen molar-refractivity contribution in [3.8, 4) is 0 Å². The first-order chi connectivity index (χ1) is 7.54. The molecular weight excluding hydrogens is 226 g/mol. The zero-order valence-electron chi connectivity index (χ0n) is 9.53. The fourth-order valence-corrected chi connectivity index (χ4v) is 1.32. The maximum absolute atomic E-state index is 11.5. The van der Waals surface area contributed by atoms with Gasteiger partial charge in [0, 0.05) is 19.1 Å². The molecule has 0 spiro atoms. The van der Waals surface area contributed by atoms with Gasteiger partial charge >= 0.3 is 5.97 Å². The highest BCUT2D eigenvalue weighted by atomic mass is 35.5. The quantitative estimate of drug-likeness (QED) is 0.599. The Balaban J connectivity index is 3.02. The van der Waals surface area contributed by atoms with E-state index in [2.05, 4.69) is 0 Å². The molecule has 4 heteroatoms. The summed E-state index contributed by atoms with van der Waals surface area (Å²) in [4.78, 5) is 13.2. The van der Waals surface area contributed by atoms with E-state index < -0.39 is 0 Å². The van der Waals surface area contributed by atoms with E-state index in [0.29, 0.717) is 10.7 Å². The van der Waals surface area contributed by atoms with Crippen LogP contribution < -0.4 is 0 Å². The standard InChI is InChI=1S/C12H14ClNO2/c1-14(2)11(12(15)16-3)8-9-4-6-10(13)7-5-9/h4-8H,1-3H3/b11-8+. The van der Waals surface area contributed by atoms with Crippen molar-refractivity contribution in [3.63, 3.8) is 0 Å². The molecule has 0 N–H and O–H groups in total. The summed E-state index contributed by atoms with van der Waals surface area (Å²) < 4.78 is 4.69. The topological polar surface area (TPSA) is 29.5 Å². The largest absolute Gasteiger partial charge is 0.464 e. The van der Waals surface area contributed by atoms with Crippen molar-refractivity contribution in [2.24, 2.45) is 0 Å². The van der Waals surface area contributed by atoms with Crippen molar-refractivity contribution >= 4 is 23.6 Å². The third kappa shape index (κ3) is 3.28. The van der Waals surface area contributed by atoms with Gasteiger partial charge in [0.05, 0.1) is 7.11 Å². The van der Waals surface area contributed by atoms with Gasteiger partial charge in [0.15, 0.2) is 0 Å². The second kappa shape index (κ2) is 5.56. The number of halogens is 1. The summed E-state index contributed by atoms with van der Waals surface area (Å²) in [6.07, 6.45) is 1.75. The SMILES string of the molecule is COC(=O)/C(=C\c1ccc(Cl)cc1)N(C)C. The molecule has 0 radical (unpaired) electrons. The van der Waals surface area contributed by atoms with Crippen LogP contribution in [0.1, 0.15) is 5.56 Å². The predicted octanol–water partition coefficient (Wildman–Crippen LogP) is 2.42. The van der Waals surface area contributed by atoms with Crippen LogP contribution in [0.2, 0.25) is 5.02 Å². The van der Waals surface area contributed by atoms with E-state index in [1.165, 1.54) is 7.11 Å². The van der Waals surface area contributed by atoms with Crippen molar-refractivity contribution in [2.75, 3.05) is 21.2 Å². The summed E-state index contributed by atoms with van der Waals surface area (Å²) in [5.74, 6) is -0.361. The summed E-state index contributed by atoms with van der Waals surface area (Å²) in [5.41, 5.74) is 1.39. The minimum absolute atomic E-state index is 0.361. The van der Waals surface area contributed by atoms with E-state index in [0.717, 1.165) is 5.56 Å². The monoisotopic (exact) mass is 239 g/mol. The normalized spacial score (nSPS) is 11.1. The minimum atomic E-state index is -0.361. The van der Waals surface area contributed by atoms with Crippen LogP contribution in [0.25, 0.3) is 6.08 Å². The van der Waals surface area contributed by atoms with E-state index in [1.54, 1.807) is 37.2 Å². The van der Waals surface area contributed by atoms with Crippen LogP contribution in [0.3, 0.4) is 0 Å². The smallest absolute Gasteiger partial charge is 0.354 e. The number of likely N-dealkylation sites (N-methyl/N-ethyl adjacent to an activating group) is 1. The van der Waals surface area contributed by atoms with Crippen LogP contribution in [0.4, 0.5) is 0 Å². The van der Waals surface area contributed by atoms with Crippen LogP contribution >= 0.6 is 11.6 Å². The van der Waals surface area contributed by atoms with Crippen LogP contribution in [0.5, 0.6) is 0 Å². The Morgan fingerprint density at radius 1 is 1.31 bits per heavy atom. The summed E-state index contributed by atoms with van der Waals surface area (Å²) >= 11 is 5.78. The van der Waals surface area contributed by atoms with Gasteiger partial charge in [-0.05, 0) is 23.8 Å². The predicted molar refractivity (Wildman–Crippen MR) is 65.1 cm³/mol. The van der Waals surface area contributed by atoms with Gasteiger partial charge in [0.25, 0.3) is 0 Å². The molecule has 0 aliphatic rings. The van der Waals surface area contributed by atoms with Gasteiger partial charge in [-0.15, -0.1) is 0 Å². The van der Waals surface area contributed by atoms with Gasteiger partial charge in [0.2, 0.25) is 0 Å². The number of nitrogens with zero attached hydrogens (tertiary/aromatic N) is 1. The average Bonchev–Trinajstić information content (AvgIpc) is 2.27. The van der Waals surface area contributed by atoms with Gasteiger partial charge in [0.1, 0.15) is 5.70 Å².